The molecule has 5 nitrogen and oxygen atoms in total. The van der Waals surface area contributed by atoms with Gasteiger partial charge in [-0.2, -0.15) is 0 Å². The van der Waals surface area contributed by atoms with Gasteiger partial charge in [0.1, 0.15) is 5.76 Å². The SMILES string of the molecule is CC(NC(=O)NCc1cnc(C2CC2)o1)C1CCC(F)(F)CC1. The summed E-state index contributed by atoms with van der Waals surface area (Å²) in [5.41, 5.74) is 0. The van der Waals surface area contributed by atoms with E-state index in [1.54, 1.807) is 6.20 Å². The summed E-state index contributed by atoms with van der Waals surface area (Å²) in [7, 11) is 0. The number of carbonyl (C=O) groups is 1. The van der Waals surface area contributed by atoms with Crippen LogP contribution in [0.15, 0.2) is 10.6 Å². The van der Waals surface area contributed by atoms with E-state index in [1.165, 1.54) is 0 Å². The lowest BCUT2D eigenvalue weighted by molar-refractivity contribution is -0.0484. The smallest absolute Gasteiger partial charge is 0.315 e. The van der Waals surface area contributed by atoms with Gasteiger partial charge in [-0.15, -0.1) is 0 Å². The third-order valence-corrected chi connectivity index (χ3v) is 4.75. The minimum atomic E-state index is -2.54. The van der Waals surface area contributed by atoms with Crippen molar-refractivity contribution in [2.24, 2.45) is 5.92 Å². The highest BCUT2D eigenvalue weighted by Crippen LogP contribution is 2.39. The lowest BCUT2D eigenvalue weighted by Crippen LogP contribution is -2.45. The number of alkyl halides is 2. The van der Waals surface area contributed by atoms with Gasteiger partial charge in [-0.3, -0.25) is 0 Å². The van der Waals surface area contributed by atoms with Crippen molar-refractivity contribution < 1.29 is 18.0 Å². The van der Waals surface area contributed by atoms with E-state index in [2.05, 4.69) is 15.6 Å². The third kappa shape index (κ3) is 4.42. The zero-order chi connectivity index (χ0) is 16.4. The average Bonchev–Trinajstić information content (AvgIpc) is 3.24. The van der Waals surface area contributed by atoms with Crippen LogP contribution in [0.2, 0.25) is 0 Å². The second-order valence-electron chi connectivity index (χ2n) is 6.75. The number of halogens is 2. The molecule has 1 atom stereocenters. The number of hydrogen-bond donors (Lipinski definition) is 2. The molecule has 2 amide bonds. The molecule has 0 bridgehead atoms. The number of urea groups is 1. The van der Waals surface area contributed by atoms with Crippen LogP contribution in [-0.2, 0) is 6.54 Å². The minimum Gasteiger partial charge on any atom is -0.444 e. The molecular formula is C16H23F2N3O2. The zero-order valence-corrected chi connectivity index (χ0v) is 13.3. The normalized spacial score (nSPS) is 22.6. The summed E-state index contributed by atoms with van der Waals surface area (Å²) in [5.74, 6) is -0.607. The summed E-state index contributed by atoms with van der Waals surface area (Å²) >= 11 is 0. The van der Waals surface area contributed by atoms with Crippen LogP contribution < -0.4 is 10.6 Å². The number of aromatic nitrogens is 1. The maximum Gasteiger partial charge on any atom is 0.315 e. The monoisotopic (exact) mass is 327 g/mol. The fraction of sp³-hybridized carbons (Fsp3) is 0.750. The first-order valence-electron chi connectivity index (χ1n) is 8.30. The standard InChI is InChI=1S/C16H23F2N3O2/c1-10(11-4-6-16(17,18)7-5-11)21-15(22)20-9-13-8-19-14(23-13)12-2-3-12/h8,10-12H,2-7,9H2,1H3,(H2,20,21,22). The predicted octanol–water partition coefficient (Wildman–Crippen LogP) is 3.57. The Hall–Kier alpha value is -1.66. The first-order valence-corrected chi connectivity index (χ1v) is 8.30. The highest BCUT2D eigenvalue weighted by atomic mass is 19.3. The van der Waals surface area contributed by atoms with E-state index >= 15 is 0 Å². The van der Waals surface area contributed by atoms with E-state index in [0.29, 0.717) is 24.5 Å². The maximum absolute atomic E-state index is 13.2. The molecule has 1 aromatic heterocycles. The number of carbonyl (C=O) groups excluding carboxylic acids is 1. The molecule has 2 aliphatic rings. The average molecular weight is 327 g/mol. The summed E-state index contributed by atoms with van der Waals surface area (Å²) < 4.78 is 31.9. The van der Waals surface area contributed by atoms with E-state index in [4.69, 9.17) is 4.42 Å². The molecule has 2 fully saturated rings. The van der Waals surface area contributed by atoms with Gasteiger partial charge in [-0.1, -0.05) is 0 Å². The Labute approximate surface area is 134 Å². The number of rotatable bonds is 5. The Morgan fingerprint density at radius 1 is 1.39 bits per heavy atom. The fourth-order valence-corrected chi connectivity index (χ4v) is 3.03. The molecule has 0 radical (unpaired) electrons. The Kier molecular flexibility index (Phi) is 4.55. The first-order chi connectivity index (χ1) is 10.9. The summed E-state index contributed by atoms with van der Waals surface area (Å²) in [6.07, 6.45) is 4.58. The fourth-order valence-electron chi connectivity index (χ4n) is 3.03. The van der Waals surface area contributed by atoms with Gasteiger partial charge in [0, 0.05) is 24.8 Å². The quantitative estimate of drug-likeness (QED) is 0.869. The van der Waals surface area contributed by atoms with Gasteiger partial charge in [0.2, 0.25) is 5.92 Å². The summed E-state index contributed by atoms with van der Waals surface area (Å²) in [6.45, 7) is 2.15. The van der Waals surface area contributed by atoms with Gasteiger partial charge < -0.3 is 15.1 Å². The lowest BCUT2D eigenvalue weighted by Gasteiger charge is -2.32. The van der Waals surface area contributed by atoms with Crippen LogP contribution in [0.25, 0.3) is 0 Å². The number of amides is 2. The highest BCUT2D eigenvalue weighted by Gasteiger charge is 2.36. The van der Waals surface area contributed by atoms with Crippen LogP contribution in [0.3, 0.4) is 0 Å². The molecular weight excluding hydrogens is 304 g/mol. The Bertz CT molecular complexity index is 547. The molecule has 1 unspecified atom stereocenters. The molecule has 0 spiro atoms. The highest BCUT2D eigenvalue weighted by molar-refractivity contribution is 5.74. The van der Waals surface area contributed by atoms with Gasteiger partial charge in [-0.05, 0) is 38.5 Å². The Morgan fingerprint density at radius 2 is 2.09 bits per heavy atom. The van der Waals surface area contributed by atoms with Gasteiger partial charge in [0.25, 0.3) is 0 Å². The van der Waals surface area contributed by atoms with Crippen molar-refractivity contribution in [2.75, 3.05) is 0 Å². The molecule has 3 rings (SSSR count). The molecule has 23 heavy (non-hydrogen) atoms. The van der Waals surface area contributed by atoms with Crippen molar-refractivity contribution >= 4 is 6.03 Å². The lowest BCUT2D eigenvalue weighted by atomic mass is 9.83. The van der Waals surface area contributed by atoms with Crippen LogP contribution in [0, 0.1) is 5.92 Å². The Morgan fingerprint density at radius 3 is 2.74 bits per heavy atom. The second-order valence-corrected chi connectivity index (χ2v) is 6.75. The topological polar surface area (TPSA) is 67.2 Å². The van der Waals surface area contributed by atoms with Gasteiger partial charge in [-0.25, -0.2) is 18.6 Å². The number of nitrogens with one attached hydrogen (secondary N) is 2. The van der Waals surface area contributed by atoms with Crippen molar-refractivity contribution in [3.63, 3.8) is 0 Å². The Balaban J connectivity index is 1.39. The van der Waals surface area contributed by atoms with Crippen LogP contribution in [-0.4, -0.2) is 23.0 Å². The predicted molar refractivity (Wildman–Crippen MR) is 80.2 cm³/mol. The summed E-state index contributed by atoms with van der Waals surface area (Å²) in [4.78, 5) is 16.1. The van der Waals surface area contributed by atoms with E-state index in [1.807, 2.05) is 6.92 Å². The van der Waals surface area contributed by atoms with Crippen LogP contribution in [0.4, 0.5) is 13.6 Å². The van der Waals surface area contributed by atoms with Crippen molar-refractivity contribution in [3.05, 3.63) is 17.8 Å². The molecule has 1 aromatic rings. The molecule has 2 N–H and O–H groups in total. The third-order valence-electron chi connectivity index (χ3n) is 4.75. The molecule has 2 aliphatic carbocycles. The molecule has 1 heterocycles. The molecule has 0 aromatic carbocycles. The molecule has 128 valence electrons. The second kappa shape index (κ2) is 6.45. The number of oxazole rings is 1. The van der Waals surface area contributed by atoms with Crippen molar-refractivity contribution in [3.8, 4) is 0 Å². The van der Waals surface area contributed by atoms with E-state index < -0.39 is 5.92 Å². The maximum atomic E-state index is 13.2. The largest absolute Gasteiger partial charge is 0.444 e. The minimum absolute atomic E-state index is 0.0900. The van der Waals surface area contributed by atoms with E-state index in [0.717, 1.165) is 18.7 Å². The molecule has 0 aliphatic heterocycles. The van der Waals surface area contributed by atoms with Crippen LogP contribution in [0.1, 0.15) is 63.0 Å². The summed E-state index contributed by atoms with van der Waals surface area (Å²) in [6, 6.07) is -0.429. The van der Waals surface area contributed by atoms with Crippen molar-refractivity contribution in [1.29, 1.82) is 0 Å². The molecule has 0 saturated heterocycles. The van der Waals surface area contributed by atoms with Crippen LogP contribution in [0.5, 0.6) is 0 Å². The zero-order valence-electron chi connectivity index (χ0n) is 13.3. The van der Waals surface area contributed by atoms with Crippen molar-refractivity contribution in [1.82, 2.24) is 15.6 Å². The van der Waals surface area contributed by atoms with Crippen LogP contribution >= 0.6 is 0 Å². The summed E-state index contributed by atoms with van der Waals surface area (Å²) in [5, 5.41) is 5.56. The van der Waals surface area contributed by atoms with E-state index in [9.17, 15) is 13.6 Å². The van der Waals surface area contributed by atoms with Gasteiger partial charge >= 0.3 is 6.03 Å². The van der Waals surface area contributed by atoms with E-state index in [-0.39, 0.29) is 37.4 Å². The number of nitrogens with zero attached hydrogens (tertiary/aromatic N) is 1. The van der Waals surface area contributed by atoms with Gasteiger partial charge in [0.05, 0.1) is 12.7 Å². The number of hydrogen-bond acceptors (Lipinski definition) is 3. The molecule has 2 saturated carbocycles. The molecule has 7 heteroatoms. The van der Waals surface area contributed by atoms with Gasteiger partial charge in [0.15, 0.2) is 5.89 Å². The first kappa shape index (κ1) is 16.2. The van der Waals surface area contributed by atoms with Crippen molar-refractivity contribution in [2.45, 2.75) is 69.9 Å².